The number of nitrogens with zero attached hydrogens (tertiary/aromatic N) is 3. The number of aryl methyl sites for hydroxylation is 2. The van der Waals surface area contributed by atoms with E-state index in [4.69, 9.17) is 0 Å². The maximum Gasteiger partial charge on any atom is 0.270 e. The normalized spacial score (nSPS) is 10.9. The molecule has 3 heterocycles. The van der Waals surface area contributed by atoms with Gasteiger partial charge in [-0.05, 0) is 37.1 Å². The van der Waals surface area contributed by atoms with E-state index in [9.17, 15) is 9.59 Å². The van der Waals surface area contributed by atoms with Gasteiger partial charge in [-0.3, -0.25) is 19.3 Å². The fourth-order valence-electron chi connectivity index (χ4n) is 2.80. The fraction of sp³-hybridized carbons (Fsp3) is 0.100. The summed E-state index contributed by atoms with van der Waals surface area (Å²) in [5.74, 6) is -0.518. The Morgan fingerprint density at radius 3 is 2.70 bits per heavy atom. The van der Waals surface area contributed by atoms with Crippen molar-refractivity contribution in [3.8, 4) is 10.4 Å². The van der Waals surface area contributed by atoms with Gasteiger partial charge in [-0.1, -0.05) is 41.7 Å². The number of carbonyl (C=O) groups excluding carboxylic acids is 1. The minimum absolute atomic E-state index is 0.0227. The molecule has 0 aliphatic carbocycles. The van der Waals surface area contributed by atoms with Crippen molar-refractivity contribution in [2.24, 2.45) is 0 Å². The summed E-state index contributed by atoms with van der Waals surface area (Å²) in [6.45, 7) is 3.81. The topological polar surface area (TPSA) is 76.4 Å². The molecule has 0 saturated carbocycles. The number of amides is 1. The van der Waals surface area contributed by atoms with Gasteiger partial charge in [0.05, 0.1) is 10.6 Å². The standard InChI is InChI=1S/C20H16N4O2S/c1-12-8-9-24-16(10-12)21-11-15(19(24)26)18(25)23-20-22-13(2)17(27-20)14-6-4-3-5-7-14/h3-11H,1-2H3,(H,22,23,25). The molecule has 0 saturated heterocycles. The second kappa shape index (κ2) is 6.77. The van der Waals surface area contributed by atoms with Crippen molar-refractivity contribution in [3.63, 3.8) is 0 Å². The van der Waals surface area contributed by atoms with Gasteiger partial charge in [0.25, 0.3) is 11.5 Å². The average molecular weight is 376 g/mol. The van der Waals surface area contributed by atoms with Crippen molar-refractivity contribution >= 4 is 28.0 Å². The summed E-state index contributed by atoms with van der Waals surface area (Å²) in [7, 11) is 0. The fourth-order valence-corrected chi connectivity index (χ4v) is 3.77. The quantitative estimate of drug-likeness (QED) is 0.592. The van der Waals surface area contributed by atoms with E-state index in [1.165, 1.54) is 21.9 Å². The monoisotopic (exact) mass is 376 g/mol. The van der Waals surface area contributed by atoms with E-state index in [-0.39, 0.29) is 5.56 Å². The number of anilines is 1. The lowest BCUT2D eigenvalue weighted by atomic mass is 10.2. The lowest BCUT2D eigenvalue weighted by Crippen LogP contribution is -2.26. The first-order valence-electron chi connectivity index (χ1n) is 8.35. The van der Waals surface area contributed by atoms with Crippen LogP contribution in [0.2, 0.25) is 0 Å². The Hall–Kier alpha value is -3.32. The molecule has 27 heavy (non-hydrogen) atoms. The molecule has 0 bridgehead atoms. The van der Waals surface area contributed by atoms with E-state index < -0.39 is 11.5 Å². The molecule has 0 atom stereocenters. The van der Waals surface area contributed by atoms with Crippen LogP contribution in [-0.4, -0.2) is 20.3 Å². The zero-order chi connectivity index (χ0) is 19.0. The number of hydrogen-bond acceptors (Lipinski definition) is 5. The van der Waals surface area contributed by atoms with Crippen LogP contribution in [0.1, 0.15) is 21.6 Å². The summed E-state index contributed by atoms with van der Waals surface area (Å²) in [4.78, 5) is 34.8. The Balaban J connectivity index is 1.65. The number of aromatic nitrogens is 3. The molecule has 134 valence electrons. The third-order valence-corrected chi connectivity index (χ3v) is 5.28. The highest BCUT2D eigenvalue weighted by molar-refractivity contribution is 7.19. The van der Waals surface area contributed by atoms with Gasteiger partial charge in [-0.2, -0.15) is 0 Å². The molecule has 0 radical (unpaired) electrons. The predicted molar refractivity (Wildman–Crippen MR) is 106 cm³/mol. The van der Waals surface area contributed by atoms with Crippen molar-refractivity contribution in [1.82, 2.24) is 14.4 Å². The zero-order valence-electron chi connectivity index (χ0n) is 14.8. The maximum absolute atomic E-state index is 12.6. The average Bonchev–Trinajstić information content (AvgIpc) is 3.02. The molecule has 0 aliphatic heterocycles. The number of pyridine rings is 1. The molecule has 1 amide bonds. The van der Waals surface area contributed by atoms with Crippen LogP contribution in [0.5, 0.6) is 0 Å². The summed E-state index contributed by atoms with van der Waals surface area (Å²) < 4.78 is 1.37. The van der Waals surface area contributed by atoms with Crippen molar-refractivity contribution < 1.29 is 4.79 Å². The van der Waals surface area contributed by atoms with E-state index in [1.54, 1.807) is 18.3 Å². The first-order valence-corrected chi connectivity index (χ1v) is 9.17. The third-order valence-electron chi connectivity index (χ3n) is 4.16. The number of carbonyl (C=O) groups is 1. The molecule has 4 aromatic rings. The number of benzene rings is 1. The molecular weight excluding hydrogens is 360 g/mol. The van der Waals surface area contributed by atoms with Gasteiger partial charge in [0.15, 0.2) is 5.13 Å². The van der Waals surface area contributed by atoms with Crippen LogP contribution in [0.25, 0.3) is 16.1 Å². The Morgan fingerprint density at radius 1 is 1.15 bits per heavy atom. The lowest BCUT2D eigenvalue weighted by molar-refractivity contribution is 0.102. The van der Waals surface area contributed by atoms with Crippen LogP contribution in [0.15, 0.2) is 59.7 Å². The molecule has 7 heteroatoms. The Bertz CT molecular complexity index is 1210. The SMILES string of the molecule is Cc1ccn2c(=O)c(C(=O)Nc3nc(C)c(-c4ccccc4)s3)cnc2c1. The second-order valence-corrected chi connectivity index (χ2v) is 7.16. The molecule has 0 fully saturated rings. The number of nitrogens with one attached hydrogen (secondary N) is 1. The number of fused-ring (bicyclic) bond motifs is 1. The molecule has 1 N–H and O–H groups in total. The lowest BCUT2D eigenvalue weighted by Gasteiger charge is -2.04. The predicted octanol–water partition coefficient (Wildman–Crippen LogP) is 3.69. The number of hydrogen-bond donors (Lipinski definition) is 1. The summed E-state index contributed by atoms with van der Waals surface area (Å²) in [6.07, 6.45) is 2.93. The van der Waals surface area contributed by atoms with Gasteiger partial charge in [-0.15, -0.1) is 0 Å². The smallest absolute Gasteiger partial charge is 0.270 e. The minimum atomic E-state index is -0.518. The van der Waals surface area contributed by atoms with Crippen LogP contribution >= 0.6 is 11.3 Å². The summed E-state index contributed by atoms with van der Waals surface area (Å²) >= 11 is 1.37. The molecule has 3 aromatic heterocycles. The number of rotatable bonds is 3. The molecule has 0 aliphatic rings. The second-order valence-electron chi connectivity index (χ2n) is 6.16. The number of thiazole rings is 1. The third kappa shape index (κ3) is 3.24. The van der Waals surface area contributed by atoms with Gasteiger partial charge >= 0.3 is 0 Å². The van der Waals surface area contributed by atoms with Gasteiger partial charge in [0.2, 0.25) is 0 Å². The van der Waals surface area contributed by atoms with Crippen LogP contribution < -0.4 is 10.9 Å². The molecule has 1 aromatic carbocycles. The summed E-state index contributed by atoms with van der Waals surface area (Å²) in [6, 6.07) is 13.4. The van der Waals surface area contributed by atoms with E-state index in [0.29, 0.717) is 10.8 Å². The van der Waals surface area contributed by atoms with Crippen LogP contribution in [-0.2, 0) is 0 Å². The van der Waals surface area contributed by atoms with Crippen molar-refractivity contribution in [1.29, 1.82) is 0 Å². The zero-order valence-corrected chi connectivity index (χ0v) is 15.6. The molecule has 0 unspecified atom stereocenters. The van der Waals surface area contributed by atoms with Gasteiger partial charge in [-0.25, -0.2) is 9.97 Å². The van der Waals surface area contributed by atoms with Gasteiger partial charge in [0, 0.05) is 12.4 Å². The van der Waals surface area contributed by atoms with Crippen molar-refractivity contribution in [2.45, 2.75) is 13.8 Å². The molecule has 6 nitrogen and oxygen atoms in total. The highest BCUT2D eigenvalue weighted by Gasteiger charge is 2.17. The van der Waals surface area contributed by atoms with Crippen LogP contribution in [0.3, 0.4) is 0 Å². The summed E-state index contributed by atoms with van der Waals surface area (Å²) in [5.41, 5.74) is 2.93. The van der Waals surface area contributed by atoms with Gasteiger partial charge in [0.1, 0.15) is 11.2 Å². The van der Waals surface area contributed by atoms with Crippen molar-refractivity contribution in [3.05, 3.63) is 82.0 Å². The van der Waals surface area contributed by atoms with Crippen LogP contribution in [0, 0.1) is 13.8 Å². The van der Waals surface area contributed by atoms with E-state index in [2.05, 4.69) is 15.3 Å². The maximum atomic E-state index is 12.6. The first-order chi connectivity index (χ1) is 13.0. The van der Waals surface area contributed by atoms with Crippen molar-refractivity contribution in [2.75, 3.05) is 5.32 Å². The van der Waals surface area contributed by atoms with Crippen LogP contribution in [0.4, 0.5) is 5.13 Å². The molecule has 0 spiro atoms. The highest BCUT2D eigenvalue weighted by atomic mass is 32.1. The molecular formula is C20H16N4O2S. The van der Waals surface area contributed by atoms with E-state index >= 15 is 0 Å². The first kappa shape index (κ1) is 17.1. The largest absolute Gasteiger partial charge is 0.298 e. The Labute approximate surface area is 159 Å². The Morgan fingerprint density at radius 2 is 1.93 bits per heavy atom. The van der Waals surface area contributed by atoms with E-state index in [1.807, 2.05) is 44.2 Å². The Kier molecular flexibility index (Phi) is 4.29. The molecule has 4 rings (SSSR count). The minimum Gasteiger partial charge on any atom is -0.298 e. The van der Waals surface area contributed by atoms with E-state index in [0.717, 1.165) is 21.7 Å². The summed E-state index contributed by atoms with van der Waals surface area (Å²) in [5, 5.41) is 3.17. The highest BCUT2D eigenvalue weighted by Crippen LogP contribution is 2.32. The van der Waals surface area contributed by atoms with Gasteiger partial charge < -0.3 is 0 Å².